The highest BCUT2D eigenvalue weighted by Crippen LogP contribution is 2.01. The van der Waals surface area contributed by atoms with E-state index in [1.807, 2.05) is 0 Å². The maximum absolute atomic E-state index is 10.5. The van der Waals surface area contributed by atoms with E-state index in [2.05, 4.69) is 9.97 Å². The van der Waals surface area contributed by atoms with Crippen molar-refractivity contribution in [2.45, 2.75) is 0 Å². The molecule has 0 unspecified atom stereocenters. The SMILES string of the molecule is Nc1nc([N+](=O)[O-])cc(=O)[nH]1. The second-order valence-electron chi connectivity index (χ2n) is 1.75. The van der Waals surface area contributed by atoms with Gasteiger partial charge in [0.05, 0.1) is 0 Å². The van der Waals surface area contributed by atoms with Crippen LogP contribution in [0.2, 0.25) is 0 Å². The molecule has 1 heterocycles. The van der Waals surface area contributed by atoms with Crippen LogP contribution >= 0.6 is 0 Å². The first-order valence-corrected chi connectivity index (χ1v) is 2.61. The van der Waals surface area contributed by atoms with Gasteiger partial charge in [-0.15, -0.1) is 0 Å². The van der Waals surface area contributed by atoms with E-state index in [-0.39, 0.29) is 5.95 Å². The number of nitrogens with zero attached hydrogens (tertiary/aromatic N) is 2. The Bertz CT molecular complexity index is 343. The first-order valence-electron chi connectivity index (χ1n) is 2.61. The summed E-state index contributed by atoms with van der Waals surface area (Å²) in [6.07, 6.45) is 0. The van der Waals surface area contributed by atoms with Gasteiger partial charge in [-0.3, -0.25) is 9.78 Å². The van der Waals surface area contributed by atoms with Crippen molar-refractivity contribution in [2.75, 3.05) is 5.73 Å². The van der Waals surface area contributed by atoms with E-state index in [4.69, 9.17) is 5.73 Å². The van der Waals surface area contributed by atoms with Crippen LogP contribution in [-0.2, 0) is 0 Å². The molecular formula is C4H4N4O3. The number of nitrogens with one attached hydrogen (secondary N) is 1. The summed E-state index contributed by atoms with van der Waals surface area (Å²) in [7, 11) is 0. The van der Waals surface area contributed by atoms with Crippen molar-refractivity contribution in [2.24, 2.45) is 0 Å². The zero-order valence-electron chi connectivity index (χ0n) is 5.27. The quantitative estimate of drug-likeness (QED) is 0.410. The Balaban J connectivity index is 3.30. The molecule has 0 fully saturated rings. The Morgan fingerprint density at radius 1 is 1.73 bits per heavy atom. The maximum Gasteiger partial charge on any atom is 0.373 e. The van der Waals surface area contributed by atoms with Crippen molar-refractivity contribution in [3.8, 4) is 0 Å². The molecule has 0 aromatic carbocycles. The van der Waals surface area contributed by atoms with Crippen LogP contribution in [0.4, 0.5) is 11.8 Å². The predicted octanol–water partition coefficient (Wildman–Crippen LogP) is -0.740. The van der Waals surface area contributed by atoms with Crippen LogP contribution in [0.1, 0.15) is 0 Å². The van der Waals surface area contributed by atoms with Crippen LogP contribution < -0.4 is 11.3 Å². The highest BCUT2D eigenvalue weighted by Gasteiger charge is 2.09. The molecule has 3 N–H and O–H groups in total. The molecule has 1 aromatic heterocycles. The molecule has 0 saturated heterocycles. The first kappa shape index (κ1) is 7.19. The normalized spacial score (nSPS) is 9.45. The van der Waals surface area contributed by atoms with E-state index >= 15 is 0 Å². The van der Waals surface area contributed by atoms with Gasteiger partial charge in [-0.05, 0) is 9.91 Å². The third kappa shape index (κ3) is 1.51. The fourth-order valence-corrected chi connectivity index (χ4v) is 0.557. The third-order valence-electron chi connectivity index (χ3n) is 0.934. The summed E-state index contributed by atoms with van der Waals surface area (Å²) >= 11 is 0. The average Bonchev–Trinajstić information content (AvgIpc) is 1.85. The number of H-pyrrole nitrogens is 1. The number of rotatable bonds is 1. The summed E-state index contributed by atoms with van der Waals surface area (Å²) in [6, 6.07) is 0.760. The minimum absolute atomic E-state index is 0.260. The molecule has 1 rings (SSSR count). The van der Waals surface area contributed by atoms with Crippen molar-refractivity contribution in [1.29, 1.82) is 0 Å². The van der Waals surface area contributed by atoms with Gasteiger partial charge in [-0.2, -0.15) is 0 Å². The first-order chi connectivity index (χ1) is 5.09. The lowest BCUT2D eigenvalue weighted by molar-refractivity contribution is -0.389. The lowest BCUT2D eigenvalue weighted by Gasteiger charge is -1.89. The van der Waals surface area contributed by atoms with Gasteiger partial charge in [0.1, 0.15) is 6.07 Å². The maximum atomic E-state index is 10.5. The van der Waals surface area contributed by atoms with E-state index in [1.165, 1.54) is 0 Å². The van der Waals surface area contributed by atoms with Gasteiger partial charge >= 0.3 is 11.8 Å². The lowest BCUT2D eigenvalue weighted by Crippen LogP contribution is -2.11. The topological polar surface area (TPSA) is 115 Å². The molecule has 7 heteroatoms. The minimum atomic E-state index is -0.786. The standard InChI is InChI=1S/C4H4N4O3/c5-4-6-2(8(10)11)1-3(9)7-4/h1H,(H3,5,6,7,9). The Morgan fingerprint density at radius 3 is 2.82 bits per heavy atom. The summed E-state index contributed by atoms with van der Waals surface area (Å²) in [5, 5.41) is 10.0. The molecule has 0 saturated carbocycles. The van der Waals surface area contributed by atoms with Crippen LogP contribution in [0.5, 0.6) is 0 Å². The molecule has 0 aliphatic heterocycles. The molecule has 0 amide bonds. The van der Waals surface area contributed by atoms with E-state index in [1.54, 1.807) is 0 Å². The number of nitrogen functional groups attached to an aromatic ring is 1. The van der Waals surface area contributed by atoms with E-state index in [0.29, 0.717) is 0 Å². The van der Waals surface area contributed by atoms with Gasteiger partial charge in [-0.25, -0.2) is 0 Å². The Labute approximate surface area is 60.0 Å². The van der Waals surface area contributed by atoms with E-state index < -0.39 is 16.3 Å². The van der Waals surface area contributed by atoms with Crippen molar-refractivity contribution >= 4 is 11.8 Å². The number of hydrogen-bond acceptors (Lipinski definition) is 5. The number of anilines is 1. The van der Waals surface area contributed by atoms with Crippen LogP contribution in [0, 0.1) is 10.1 Å². The molecule has 0 spiro atoms. The molecule has 7 nitrogen and oxygen atoms in total. The van der Waals surface area contributed by atoms with Gasteiger partial charge in [0.2, 0.25) is 0 Å². The number of nitrogens with two attached hydrogens (primary N) is 1. The van der Waals surface area contributed by atoms with Gasteiger partial charge in [0.25, 0.3) is 5.56 Å². The average molecular weight is 156 g/mol. The zero-order valence-corrected chi connectivity index (χ0v) is 5.27. The molecule has 0 radical (unpaired) electrons. The predicted molar refractivity (Wildman–Crippen MR) is 35.9 cm³/mol. The number of aromatic amines is 1. The summed E-state index contributed by atoms with van der Waals surface area (Å²) in [6.45, 7) is 0. The smallest absolute Gasteiger partial charge is 0.358 e. The fraction of sp³-hybridized carbons (Fsp3) is 0. The molecule has 11 heavy (non-hydrogen) atoms. The van der Waals surface area contributed by atoms with Crippen LogP contribution in [0.15, 0.2) is 10.9 Å². The van der Waals surface area contributed by atoms with E-state index in [9.17, 15) is 14.9 Å². The second kappa shape index (κ2) is 2.37. The number of hydrogen-bond donors (Lipinski definition) is 2. The zero-order chi connectivity index (χ0) is 8.43. The Morgan fingerprint density at radius 2 is 2.36 bits per heavy atom. The monoisotopic (exact) mass is 156 g/mol. The number of aromatic nitrogens is 2. The molecule has 0 aliphatic carbocycles. The summed E-state index contributed by atoms with van der Waals surface area (Å²) < 4.78 is 0. The highest BCUT2D eigenvalue weighted by molar-refractivity contribution is 5.25. The molecule has 58 valence electrons. The summed E-state index contributed by atoms with van der Waals surface area (Å²) in [5.41, 5.74) is 4.39. The van der Waals surface area contributed by atoms with Crippen molar-refractivity contribution < 1.29 is 4.92 Å². The second-order valence-corrected chi connectivity index (χ2v) is 1.75. The number of nitro groups is 1. The van der Waals surface area contributed by atoms with Crippen LogP contribution in [0.25, 0.3) is 0 Å². The van der Waals surface area contributed by atoms with Gasteiger partial charge < -0.3 is 15.8 Å². The minimum Gasteiger partial charge on any atom is -0.358 e. The van der Waals surface area contributed by atoms with Gasteiger partial charge in [0, 0.05) is 0 Å². The fourth-order valence-electron chi connectivity index (χ4n) is 0.557. The third-order valence-corrected chi connectivity index (χ3v) is 0.934. The van der Waals surface area contributed by atoms with Gasteiger partial charge in [0.15, 0.2) is 0 Å². The Kier molecular flexibility index (Phi) is 1.55. The molecular weight excluding hydrogens is 152 g/mol. The lowest BCUT2D eigenvalue weighted by atomic mass is 10.6. The molecule has 0 aliphatic rings. The highest BCUT2D eigenvalue weighted by atomic mass is 16.6. The van der Waals surface area contributed by atoms with Crippen molar-refractivity contribution in [1.82, 2.24) is 9.97 Å². The largest absolute Gasteiger partial charge is 0.373 e. The van der Waals surface area contributed by atoms with Crippen molar-refractivity contribution in [3.63, 3.8) is 0 Å². The van der Waals surface area contributed by atoms with Crippen molar-refractivity contribution in [3.05, 3.63) is 26.5 Å². The van der Waals surface area contributed by atoms with Crippen LogP contribution in [-0.4, -0.2) is 14.9 Å². The van der Waals surface area contributed by atoms with E-state index in [0.717, 1.165) is 6.07 Å². The summed E-state index contributed by atoms with van der Waals surface area (Å²) in [4.78, 5) is 25.1. The van der Waals surface area contributed by atoms with Gasteiger partial charge in [-0.1, -0.05) is 0 Å². The molecule has 0 atom stereocenters. The summed E-state index contributed by atoms with van der Waals surface area (Å²) in [5.74, 6) is -0.810. The Hall–Kier alpha value is -1.92. The molecule has 1 aromatic rings. The molecule has 0 bridgehead atoms. The van der Waals surface area contributed by atoms with Crippen LogP contribution in [0.3, 0.4) is 0 Å².